The number of fused-ring (bicyclic) bond motifs is 1. The van der Waals surface area contributed by atoms with Crippen molar-refractivity contribution in [3.63, 3.8) is 0 Å². The predicted octanol–water partition coefficient (Wildman–Crippen LogP) is 3.72. The minimum Gasteiger partial charge on any atom is -0.378 e. The van der Waals surface area contributed by atoms with Crippen molar-refractivity contribution in [3.8, 4) is 0 Å². The molecule has 0 spiro atoms. The number of hydrogen-bond donors (Lipinski definition) is 3. The van der Waals surface area contributed by atoms with Crippen LogP contribution >= 0.6 is 0 Å². The molecule has 2 aliphatic carbocycles. The zero-order valence-electron chi connectivity index (χ0n) is 19.8. The summed E-state index contributed by atoms with van der Waals surface area (Å²) < 4.78 is 5.53. The summed E-state index contributed by atoms with van der Waals surface area (Å²) in [5, 5.41) is 3.45. The van der Waals surface area contributed by atoms with Crippen molar-refractivity contribution >= 4 is 11.6 Å². The molecule has 5 atom stereocenters. The SMILES string of the molecule is O=C(NC(c1ccccc1)C1CC1)C1CCC2NNC(c3cccc(N4CCOCC4)c3)C2C1. The highest BCUT2D eigenvalue weighted by molar-refractivity contribution is 5.79. The van der Waals surface area contributed by atoms with Gasteiger partial charge in [0.1, 0.15) is 0 Å². The second-order valence-electron chi connectivity index (χ2n) is 10.5. The first kappa shape index (κ1) is 22.1. The molecule has 2 saturated carbocycles. The number of hydrogen-bond acceptors (Lipinski definition) is 5. The third-order valence-electron chi connectivity index (χ3n) is 8.28. The lowest BCUT2D eigenvalue weighted by atomic mass is 9.74. The van der Waals surface area contributed by atoms with E-state index in [-0.39, 0.29) is 23.9 Å². The number of rotatable bonds is 6. The highest BCUT2D eigenvalue weighted by atomic mass is 16.5. The highest BCUT2D eigenvalue weighted by Crippen LogP contribution is 2.43. The summed E-state index contributed by atoms with van der Waals surface area (Å²) in [5.74, 6) is 1.33. The Labute approximate surface area is 202 Å². The maximum Gasteiger partial charge on any atom is 0.223 e. The van der Waals surface area contributed by atoms with E-state index in [1.165, 1.54) is 29.7 Å². The molecule has 2 aromatic rings. The average molecular weight is 461 g/mol. The molecule has 4 fully saturated rings. The third-order valence-corrected chi connectivity index (χ3v) is 8.28. The van der Waals surface area contributed by atoms with Crippen LogP contribution in [0.15, 0.2) is 54.6 Å². The summed E-state index contributed by atoms with van der Waals surface area (Å²) in [6.07, 6.45) is 5.34. The molecular formula is C28H36N4O2. The van der Waals surface area contributed by atoms with E-state index < -0.39 is 0 Å². The van der Waals surface area contributed by atoms with E-state index in [0.717, 1.165) is 45.6 Å². The van der Waals surface area contributed by atoms with Crippen LogP contribution < -0.4 is 21.1 Å². The zero-order valence-corrected chi connectivity index (χ0v) is 19.8. The Balaban J connectivity index is 1.15. The molecule has 0 aromatic heterocycles. The number of nitrogens with one attached hydrogen (secondary N) is 3. The van der Waals surface area contributed by atoms with Gasteiger partial charge in [0.2, 0.25) is 5.91 Å². The predicted molar refractivity (Wildman–Crippen MR) is 133 cm³/mol. The van der Waals surface area contributed by atoms with E-state index in [0.29, 0.717) is 17.9 Å². The van der Waals surface area contributed by atoms with Gasteiger partial charge in [-0.15, -0.1) is 0 Å². The summed E-state index contributed by atoms with van der Waals surface area (Å²) >= 11 is 0. The Morgan fingerprint density at radius 1 is 0.971 bits per heavy atom. The summed E-state index contributed by atoms with van der Waals surface area (Å²) in [5.41, 5.74) is 10.9. The van der Waals surface area contributed by atoms with Crippen molar-refractivity contribution in [2.75, 3.05) is 31.2 Å². The van der Waals surface area contributed by atoms with Crippen LogP contribution in [0, 0.1) is 17.8 Å². The van der Waals surface area contributed by atoms with Crippen LogP contribution in [0.5, 0.6) is 0 Å². The number of carbonyl (C=O) groups excluding carboxylic acids is 1. The number of nitrogens with zero attached hydrogens (tertiary/aromatic N) is 1. The molecule has 3 N–H and O–H groups in total. The van der Waals surface area contributed by atoms with Crippen LogP contribution in [0.3, 0.4) is 0 Å². The smallest absolute Gasteiger partial charge is 0.223 e. The van der Waals surface area contributed by atoms with Crippen LogP contribution in [0.2, 0.25) is 0 Å². The van der Waals surface area contributed by atoms with Crippen molar-refractivity contribution in [1.29, 1.82) is 0 Å². The van der Waals surface area contributed by atoms with Gasteiger partial charge in [0.05, 0.1) is 25.3 Å². The van der Waals surface area contributed by atoms with Crippen LogP contribution in [-0.4, -0.2) is 38.3 Å². The first-order chi connectivity index (χ1) is 16.8. The van der Waals surface area contributed by atoms with Gasteiger partial charge in [-0.2, -0.15) is 0 Å². The number of morpholine rings is 1. The van der Waals surface area contributed by atoms with Gasteiger partial charge in [0, 0.05) is 30.7 Å². The highest BCUT2D eigenvalue weighted by Gasteiger charge is 2.43. The topological polar surface area (TPSA) is 65.6 Å². The van der Waals surface area contributed by atoms with E-state index in [4.69, 9.17) is 4.74 Å². The molecule has 6 nitrogen and oxygen atoms in total. The van der Waals surface area contributed by atoms with Crippen LogP contribution in [0.25, 0.3) is 0 Å². The maximum atomic E-state index is 13.4. The number of amides is 1. The second kappa shape index (κ2) is 9.68. The summed E-state index contributed by atoms with van der Waals surface area (Å²) in [6, 6.07) is 20.3. The fraction of sp³-hybridized carbons (Fsp3) is 0.536. The number of ether oxygens (including phenoxy) is 1. The van der Waals surface area contributed by atoms with Gasteiger partial charge in [-0.25, -0.2) is 5.43 Å². The van der Waals surface area contributed by atoms with E-state index in [1.807, 2.05) is 6.07 Å². The fourth-order valence-electron chi connectivity index (χ4n) is 6.20. The minimum absolute atomic E-state index is 0.0813. The van der Waals surface area contributed by atoms with Crippen LogP contribution in [-0.2, 0) is 9.53 Å². The minimum atomic E-state index is 0.0813. The largest absolute Gasteiger partial charge is 0.378 e. The monoisotopic (exact) mass is 460 g/mol. The quantitative estimate of drug-likeness (QED) is 0.613. The molecule has 6 rings (SSSR count). The Kier molecular flexibility index (Phi) is 6.29. The standard InChI is InChI=1S/C28H36N4O2/c33-28(29-26(20-9-10-20)19-5-2-1-3-6-19)22-11-12-25-24(18-22)27(31-30-25)21-7-4-8-23(17-21)32-13-15-34-16-14-32/h1-8,17,20,22,24-27,30-31H,9-16,18H2,(H,29,33). The van der Waals surface area contributed by atoms with Crippen LogP contribution in [0.1, 0.15) is 55.3 Å². The zero-order chi connectivity index (χ0) is 22.9. The molecule has 0 bridgehead atoms. The molecule has 1 amide bonds. The van der Waals surface area contributed by atoms with E-state index in [1.54, 1.807) is 0 Å². The fourth-order valence-corrected chi connectivity index (χ4v) is 6.20. The van der Waals surface area contributed by atoms with Crippen LogP contribution in [0.4, 0.5) is 5.69 Å². The number of carbonyl (C=O) groups is 1. The Hall–Kier alpha value is -2.41. The van der Waals surface area contributed by atoms with Gasteiger partial charge in [-0.1, -0.05) is 42.5 Å². The van der Waals surface area contributed by atoms with Gasteiger partial charge in [-0.05, 0) is 67.2 Å². The average Bonchev–Trinajstić information content (AvgIpc) is 3.66. The van der Waals surface area contributed by atoms with Crippen molar-refractivity contribution in [2.45, 2.75) is 50.2 Å². The normalized spacial score (nSPS) is 29.9. The van der Waals surface area contributed by atoms with Gasteiger partial charge in [0.25, 0.3) is 0 Å². The first-order valence-corrected chi connectivity index (χ1v) is 13.1. The van der Waals surface area contributed by atoms with Gasteiger partial charge < -0.3 is 15.0 Å². The van der Waals surface area contributed by atoms with Crippen molar-refractivity contribution in [1.82, 2.24) is 16.2 Å². The van der Waals surface area contributed by atoms with Crippen molar-refractivity contribution in [3.05, 3.63) is 65.7 Å². The lowest BCUT2D eigenvalue weighted by Crippen LogP contribution is -2.41. The molecule has 2 aliphatic heterocycles. The van der Waals surface area contributed by atoms with E-state index in [2.05, 4.69) is 69.6 Å². The second-order valence-corrected chi connectivity index (χ2v) is 10.5. The summed E-state index contributed by atoms with van der Waals surface area (Å²) in [6.45, 7) is 3.47. The molecule has 0 radical (unpaired) electrons. The van der Waals surface area contributed by atoms with E-state index in [9.17, 15) is 4.79 Å². The maximum absolute atomic E-state index is 13.4. The molecule has 4 aliphatic rings. The molecule has 5 unspecified atom stereocenters. The molecule has 2 saturated heterocycles. The van der Waals surface area contributed by atoms with E-state index >= 15 is 0 Å². The molecule has 34 heavy (non-hydrogen) atoms. The van der Waals surface area contributed by atoms with Crippen molar-refractivity contribution < 1.29 is 9.53 Å². The Morgan fingerprint density at radius 3 is 2.59 bits per heavy atom. The summed E-state index contributed by atoms with van der Waals surface area (Å²) in [4.78, 5) is 15.8. The molecule has 6 heteroatoms. The first-order valence-electron chi connectivity index (χ1n) is 13.1. The summed E-state index contributed by atoms with van der Waals surface area (Å²) in [7, 11) is 0. The number of benzene rings is 2. The molecular weight excluding hydrogens is 424 g/mol. The van der Waals surface area contributed by atoms with Gasteiger partial charge >= 0.3 is 0 Å². The molecule has 2 heterocycles. The molecule has 180 valence electrons. The Morgan fingerprint density at radius 2 is 1.79 bits per heavy atom. The van der Waals surface area contributed by atoms with Gasteiger partial charge in [-0.3, -0.25) is 10.2 Å². The Bertz CT molecular complexity index is 989. The number of anilines is 1. The van der Waals surface area contributed by atoms with Gasteiger partial charge in [0.15, 0.2) is 0 Å². The third kappa shape index (κ3) is 4.59. The lowest BCUT2D eigenvalue weighted by molar-refractivity contribution is -0.127. The number of hydrazine groups is 1. The lowest BCUT2D eigenvalue weighted by Gasteiger charge is -2.34. The van der Waals surface area contributed by atoms with Crippen molar-refractivity contribution in [2.24, 2.45) is 17.8 Å². The molecule has 2 aromatic carbocycles.